The van der Waals surface area contributed by atoms with Crippen molar-refractivity contribution in [2.75, 3.05) is 52.4 Å². The highest BCUT2D eigenvalue weighted by Crippen LogP contribution is 2.05. The monoisotopic (exact) mass is 646 g/mol. The predicted molar refractivity (Wildman–Crippen MR) is 172 cm³/mol. The lowest BCUT2D eigenvalue weighted by Gasteiger charge is -2.22. The van der Waals surface area contributed by atoms with Crippen LogP contribution in [-0.2, 0) is 24.0 Å². The topological polar surface area (TPSA) is 209 Å². The van der Waals surface area contributed by atoms with Crippen molar-refractivity contribution in [2.45, 2.75) is 103 Å². The molecule has 0 saturated heterocycles. The Kier molecular flexibility index (Phi) is 36.8. The molecule has 0 aliphatic rings. The lowest BCUT2D eigenvalue weighted by Crippen LogP contribution is -2.49. The minimum atomic E-state index is -0.416. The lowest BCUT2D eigenvalue weighted by atomic mass is 10.2. The lowest BCUT2D eigenvalue weighted by molar-refractivity contribution is 0.184. The number of unbranched alkanes of at least 4 members (excludes halogenated alkanes) is 12. The van der Waals surface area contributed by atoms with Crippen LogP contribution in [0.15, 0.2) is 25.0 Å². The smallest absolute Gasteiger partial charge is 0.325 e. The Morgan fingerprint density at radius 2 is 0.652 bits per heavy atom. The van der Waals surface area contributed by atoms with Gasteiger partial charge in [-0.1, -0.05) is 51.4 Å². The van der Waals surface area contributed by atoms with Gasteiger partial charge in [-0.05, 0) is 51.4 Å². The largest absolute Gasteiger partial charge is 0.338 e. The number of hydrogen-bond donors (Lipinski definition) is 2. The minimum absolute atomic E-state index is 0.308. The number of carbonyl (C=O) groups excluding carboxylic acids is 7. The molecule has 46 heavy (non-hydrogen) atoms. The van der Waals surface area contributed by atoms with Crippen LogP contribution in [0.2, 0.25) is 0 Å². The van der Waals surface area contributed by atoms with E-state index >= 15 is 0 Å². The molecule has 0 spiro atoms. The average molecular weight is 647 g/mol. The van der Waals surface area contributed by atoms with Crippen LogP contribution in [0.4, 0.5) is 9.59 Å². The van der Waals surface area contributed by atoms with Gasteiger partial charge in [0.2, 0.25) is 30.4 Å². The van der Waals surface area contributed by atoms with Crippen molar-refractivity contribution in [3.8, 4) is 0 Å². The van der Waals surface area contributed by atoms with Gasteiger partial charge in [0.1, 0.15) is 0 Å². The van der Waals surface area contributed by atoms with Crippen LogP contribution in [0.25, 0.3) is 0 Å². The number of isocyanates is 5. The van der Waals surface area contributed by atoms with Gasteiger partial charge in [-0.25, -0.2) is 63.4 Å². The highest BCUT2D eigenvalue weighted by atomic mass is 16.2. The minimum Gasteiger partial charge on any atom is -0.338 e. The van der Waals surface area contributed by atoms with E-state index in [2.05, 4.69) is 35.6 Å². The fourth-order valence-corrected chi connectivity index (χ4v) is 3.99. The van der Waals surface area contributed by atoms with E-state index in [9.17, 15) is 33.6 Å². The second-order valence-electron chi connectivity index (χ2n) is 10.1. The van der Waals surface area contributed by atoms with Crippen molar-refractivity contribution in [2.24, 2.45) is 25.0 Å². The first kappa shape index (κ1) is 43.8. The Bertz CT molecular complexity index is 960. The third-order valence-electron chi connectivity index (χ3n) is 6.45. The first-order valence-electron chi connectivity index (χ1n) is 16.1. The fourth-order valence-electron chi connectivity index (χ4n) is 3.99. The molecule has 0 atom stereocenters. The number of hydrogen-bond acceptors (Lipinski definition) is 12. The molecule has 15 nitrogen and oxygen atoms in total. The molecule has 0 heterocycles. The number of aliphatic imine (C=N–C) groups is 5. The number of amides is 4. The van der Waals surface area contributed by atoms with Crippen LogP contribution in [0.5, 0.6) is 0 Å². The van der Waals surface area contributed by atoms with Crippen molar-refractivity contribution in [3.05, 3.63) is 0 Å². The molecule has 4 amide bonds. The summed E-state index contributed by atoms with van der Waals surface area (Å²) >= 11 is 0. The molecule has 0 aromatic rings. The summed E-state index contributed by atoms with van der Waals surface area (Å²) in [5.74, 6) is 0. The highest BCUT2D eigenvalue weighted by Gasteiger charge is 2.20. The summed E-state index contributed by atoms with van der Waals surface area (Å²) < 4.78 is 0. The number of carbonyl (C=O) groups is 2. The summed E-state index contributed by atoms with van der Waals surface area (Å²) in [6, 6.07) is -0.833. The third kappa shape index (κ3) is 34.1. The maximum atomic E-state index is 12.6. The zero-order chi connectivity index (χ0) is 34.2. The molecule has 15 heteroatoms. The van der Waals surface area contributed by atoms with E-state index in [-0.39, 0.29) is 0 Å². The number of rotatable bonds is 28. The summed E-state index contributed by atoms with van der Waals surface area (Å²) in [4.78, 5) is 93.1. The normalized spacial score (nSPS) is 9.39. The van der Waals surface area contributed by atoms with Crippen LogP contribution < -0.4 is 10.6 Å². The van der Waals surface area contributed by atoms with E-state index in [0.717, 1.165) is 96.3 Å². The predicted octanol–water partition coefficient (Wildman–Crippen LogP) is 4.61. The van der Waals surface area contributed by atoms with Crippen molar-refractivity contribution in [3.63, 3.8) is 0 Å². The van der Waals surface area contributed by atoms with Crippen molar-refractivity contribution in [1.29, 1.82) is 0 Å². The molecule has 256 valence electrons. The Morgan fingerprint density at radius 3 is 0.935 bits per heavy atom. The summed E-state index contributed by atoms with van der Waals surface area (Å²) in [6.07, 6.45) is 21.2. The fraction of sp³-hybridized carbons (Fsp3) is 0.774. The van der Waals surface area contributed by atoms with E-state index in [1.54, 1.807) is 0 Å². The van der Waals surface area contributed by atoms with Gasteiger partial charge in [-0.3, -0.25) is 0 Å². The summed E-state index contributed by atoms with van der Waals surface area (Å²) in [5, 5.41) is 5.61. The molecule has 2 N–H and O–H groups in total. The summed E-state index contributed by atoms with van der Waals surface area (Å²) in [7, 11) is 0. The standard InChI is InChI=1S/C23H38N6O5.C8H12N2O2/c30-19-24-13-7-1-3-10-16-27-22(33)29(18-12-6-5-9-15-26-21-32)23(34)28-17-11-4-2-8-14-25-20-31;11-7-9-5-3-1-2-4-6-10-8-12/h1-18H2,(H,27,33)(H,28,34);1-6H2. The number of imide groups is 1. The van der Waals surface area contributed by atoms with Gasteiger partial charge < -0.3 is 10.6 Å². The SMILES string of the molecule is O=C=NCCCCCCN=C=O.O=C=NCCCCCCNC(=O)N(CCCCCCN=C=O)C(=O)NCCCCCCN=C=O. The van der Waals surface area contributed by atoms with Crippen molar-refractivity contribution < 1.29 is 33.6 Å². The van der Waals surface area contributed by atoms with Crippen LogP contribution in [0.1, 0.15) is 103 Å². The van der Waals surface area contributed by atoms with Gasteiger partial charge >= 0.3 is 12.1 Å². The molecule has 0 unspecified atom stereocenters. The van der Waals surface area contributed by atoms with Gasteiger partial charge in [0.05, 0.1) is 32.7 Å². The van der Waals surface area contributed by atoms with E-state index < -0.39 is 12.1 Å². The second-order valence-corrected chi connectivity index (χ2v) is 10.1. The number of nitrogens with one attached hydrogen (secondary N) is 2. The molecule has 0 aliphatic heterocycles. The molecular weight excluding hydrogens is 596 g/mol. The highest BCUT2D eigenvalue weighted by molar-refractivity contribution is 5.93. The van der Waals surface area contributed by atoms with Crippen LogP contribution in [0.3, 0.4) is 0 Å². The molecule has 0 saturated carbocycles. The van der Waals surface area contributed by atoms with E-state index in [1.165, 1.54) is 35.3 Å². The van der Waals surface area contributed by atoms with Gasteiger partial charge in [-0.15, -0.1) is 0 Å². The Hall–Kier alpha value is -4.36. The zero-order valence-electron chi connectivity index (χ0n) is 27.0. The van der Waals surface area contributed by atoms with Crippen molar-refractivity contribution >= 4 is 42.5 Å². The van der Waals surface area contributed by atoms with E-state index in [0.29, 0.717) is 58.8 Å². The van der Waals surface area contributed by atoms with Crippen LogP contribution in [0, 0.1) is 0 Å². The van der Waals surface area contributed by atoms with Crippen LogP contribution in [-0.4, -0.2) is 99.7 Å². The molecular formula is C31H50N8O7. The zero-order valence-corrected chi connectivity index (χ0v) is 27.0. The van der Waals surface area contributed by atoms with Crippen molar-refractivity contribution in [1.82, 2.24) is 15.5 Å². The quantitative estimate of drug-likeness (QED) is 0.0699. The molecule has 0 aromatic heterocycles. The first-order chi connectivity index (χ1) is 22.6. The molecule has 0 fully saturated rings. The number of nitrogens with zero attached hydrogens (tertiary/aromatic N) is 6. The van der Waals surface area contributed by atoms with Gasteiger partial charge in [0.15, 0.2) is 0 Å². The Labute approximate surface area is 271 Å². The molecule has 0 rings (SSSR count). The van der Waals surface area contributed by atoms with Crippen LogP contribution >= 0.6 is 0 Å². The number of urea groups is 2. The van der Waals surface area contributed by atoms with Gasteiger partial charge in [-0.2, -0.15) is 0 Å². The molecule has 0 aliphatic carbocycles. The van der Waals surface area contributed by atoms with E-state index in [1.807, 2.05) is 0 Å². The third-order valence-corrected chi connectivity index (χ3v) is 6.45. The first-order valence-corrected chi connectivity index (χ1v) is 16.1. The molecule has 0 bridgehead atoms. The molecule has 0 aromatic carbocycles. The molecule has 0 radical (unpaired) electrons. The second kappa shape index (κ2) is 38.7. The Balaban J connectivity index is 0. The Morgan fingerprint density at radius 1 is 0.391 bits per heavy atom. The van der Waals surface area contributed by atoms with E-state index in [4.69, 9.17) is 0 Å². The summed E-state index contributed by atoms with van der Waals surface area (Å²) in [6.45, 7) is 3.73. The average Bonchev–Trinajstić information content (AvgIpc) is 3.06. The van der Waals surface area contributed by atoms with Gasteiger partial charge in [0, 0.05) is 19.6 Å². The maximum absolute atomic E-state index is 12.6. The summed E-state index contributed by atoms with van der Waals surface area (Å²) in [5.41, 5.74) is 0. The van der Waals surface area contributed by atoms with Gasteiger partial charge in [0.25, 0.3) is 0 Å². The maximum Gasteiger partial charge on any atom is 0.325 e.